The minimum atomic E-state index is -3.44. The van der Waals surface area contributed by atoms with E-state index in [0.29, 0.717) is 29.7 Å². The molecule has 1 aromatic carbocycles. The van der Waals surface area contributed by atoms with Gasteiger partial charge in [-0.3, -0.25) is 0 Å². The maximum atomic E-state index is 12.5. The number of hydrogen-bond donors (Lipinski definition) is 0. The quantitative estimate of drug-likeness (QED) is 0.785. The Hall–Kier alpha value is -0.780. The van der Waals surface area contributed by atoms with Crippen LogP contribution < -0.4 is 4.74 Å². The molecule has 0 spiro atoms. The molecule has 1 atom stereocenters. The largest absolute Gasteiger partial charge is 0.494 e. The fourth-order valence-corrected chi connectivity index (χ4v) is 4.39. The zero-order chi connectivity index (χ0) is 13.9. The molecule has 1 fully saturated rings. The van der Waals surface area contributed by atoms with Gasteiger partial charge in [0.15, 0.2) is 0 Å². The van der Waals surface area contributed by atoms with E-state index in [1.165, 1.54) is 4.31 Å². The molecule has 2 rings (SSSR count). The van der Waals surface area contributed by atoms with Gasteiger partial charge in [0.25, 0.3) is 0 Å². The molecule has 6 heteroatoms. The molecule has 0 saturated carbocycles. The third-order valence-corrected chi connectivity index (χ3v) is 5.56. The zero-order valence-electron chi connectivity index (χ0n) is 10.9. The molecule has 1 heterocycles. The summed E-state index contributed by atoms with van der Waals surface area (Å²) >= 11 is 5.84. The topological polar surface area (TPSA) is 46.6 Å². The molecule has 0 aliphatic carbocycles. The molecule has 19 heavy (non-hydrogen) atoms. The van der Waals surface area contributed by atoms with Crippen LogP contribution in [0.4, 0.5) is 0 Å². The van der Waals surface area contributed by atoms with E-state index in [1.807, 2.05) is 6.92 Å². The predicted octanol–water partition coefficient (Wildman–Crippen LogP) is 2.48. The summed E-state index contributed by atoms with van der Waals surface area (Å²) in [6.45, 7) is 3.00. The highest BCUT2D eigenvalue weighted by atomic mass is 35.5. The van der Waals surface area contributed by atoms with E-state index in [-0.39, 0.29) is 6.04 Å². The van der Waals surface area contributed by atoms with E-state index >= 15 is 0 Å². The number of hydrogen-bond acceptors (Lipinski definition) is 3. The summed E-state index contributed by atoms with van der Waals surface area (Å²) in [7, 11) is -3.44. The highest BCUT2D eigenvalue weighted by Gasteiger charge is 2.34. The maximum absolute atomic E-state index is 12.5. The minimum Gasteiger partial charge on any atom is -0.494 e. The van der Waals surface area contributed by atoms with Gasteiger partial charge in [0.05, 0.1) is 11.5 Å². The molecule has 1 aliphatic heterocycles. The molecule has 0 aromatic heterocycles. The first kappa shape index (κ1) is 14.6. The average Bonchev–Trinajstić information content (AvgIpc) is 2.89. The van der Waals surface area contributed by atoms with Crippen LogP contribution in [0, 0.1) is 0 Å². The second kappa shape index (κ2) is 6.11. The van der Waals surface area contributed by atoms with Crippen LogP contribution in [0.25, 0.3) is 0 Å². The standard InChI is InChI=1S/C13H18ClNO3S/c1-2-18-12-5-7-13(8-6-12)19(16,17)15-9-3-4-11(15)10-14/h5-8,11H,2-4,9-10H2,1H3/t11-/m0/s1. The van der Waals surface area contributed by atoms with Crippen molar-refractivity contribution in [1.29, 1.82) is 0 Å². The molecule has 0 unspecified atom stereocenters. The van der Waals surface area contributed by atoms with Gasteiger partial charge < -0.3 is 4.74 Å². The molecular weight excluding hydrogens is 286 g/mol. The van der Waals surface area contributed by atoms with Crippen LogP contribution in [0.5, 0.6) is 5.75 Å². The Balaban J connectivity index is 2.24. The number of sulfonamides is 1. The molecular formula is C13H18ClNO3S. The Bertz CT molecular complexity index is 515. The fraction of sp³-hybridized carbons (Fsp3) is 0.538. The molecule has 0 N–H and O–H groups in total. The van der Waals surface area contributed by atoms with Crippen molar-refractivity contribution < 1.29 is 13.2 Å². The normalized spacial score (nSPS) is 20.6. The molecule has 0 radical (unpaired) electrons. The molecule has 106 valence electrons. The van der Waals surface area contributed by atoms with Crippen LogP contribution in [-0.4, -0.2) is 37.8 Å². The number of halogens is 1. The van der Waals surface area contributed by atoms with Crippen molar-refractivity contribution in [3.05, 3.63) is 24.3 Å². The van der Waals surface area contributed by atoms with E-state index in [9.17, 15) is 8.42 Å². The van der Waals surface area contributed by atoms with Gasteiger partial charge in [-0.1, -0.05) is 0 Å². The minimum absolute atomic E-state index is 0.0850. The fourth-order valence-electron chi connectivity index (χ4n) is 2.29. The van der Waals surface area contributed by atoms with Crippen molar-refractivity contribution in [1.82, 2.24) is 4.31 Å². The molecule has 0 amide bonds. The van der Waals surface area contributed by atoms with Gasteiger partial charge in [0.1, 0.15) is 5.75 Å². The highest BCUT2D eigenvalue weighted by Crippen LogP contribution is 2.27. The number of rotatable bonds is 5. The summed E-state index contributed by atoms with van der Waals surface area (Å²) in [5.74, 6) is 1.02. The Morgan fingerprint density at radius 2 is 2.05 bits per heavy atom. The lowest BCUT2D eigenvalue weighted by Gasteiger charge is -2.22. The van der Waals surface area contributed by atoms with E-state index < -0.39 is 10.0 Å². The van der Waals surface area contributed by atoms with Gasteiger partial charge in [-0.25, -0.2) is 8.42 Å². The highest BCUT2D eigenvalue weighted by molar-refractivity contribution is 7.89. The van der Waals surface area contributed by atoms with E-state index in [2.05, 4.69) is 0 Å². The van der Waals surface area contributed by atoms with Crippen LogP contribution in [0.15, 0.2) is 29.2 Å². The smallest absolute Gasteiger partial charge is 0.243 e. The number of ether oxygens (including phenoxy) is 1. The van der Waals surface area contributed by atoms with Gasteiger partial charge in [0.2, 0.25) is 10.0 Å². The first-order valence-electron chi connectivity index (χ1n) is 6.40. The molecule has 1 aromatic rings. The summed E-state index contributed by atoms with van der Waals surface area (Å²) in [4.78, 5) is 0.299. The van der Waals surface area contributed by atoms with Gasteiger partial charge in [-0.15, -0.1) is 11.6 Å². The Labute approximate surface area is 119 Å². The second-order valence-corrected chi connectivity index (χ2v) is 6.67. The lowest BCUT2D eigenvalue weighted by molar-refractivity contribution is 0.340. The summed E-state index contributed by atoms with van der Waals surface area (Å²) in [5.41, 5.74) is 0. The average molecular weight is 304 g/mol. The van der Waals surface area contributed by atoms with Crippen LogP contribution in [0.2, 0.25) is 0 Å². The first-order valence-corrected chi connectivity index (χ1v) is 8.37. The summed E-state index contributed by atoms with van der Waals surface area (Å²) in [5, 5.41) is 0. The van der Waals surface area contributed by atoms with Crippen molar-refractivity contribution in [2.24, 2.45) is 0 Å². The molecule has 0 bridgehead atoms. The second-order valence-electron chi connectivity index (χ2n) is 4.47. The Morgan fingerprint density at radius 1 is 1.37 bits per heavy atom. The molecule has 1 saturated heterocycles. The van der Waals surface area contributed by atoms with Crippen molar-refractivity contribution in [2.45, 2.75) is 30.7 Å². The number of alkyl halides is 1. The molecule has 4 nitrogen and oxygen atoms in total. The van der Waals surface area contributed by atoms with Crippen LogP contribution >= 0.6 is 11.6 Å². The van der Waals surface area contributed by atoms with E-state index in [0.717, 1.165) is 12.8 Å². The zero-order valence-corrected chi connectivity index (χ0v) is 12.5. The van der Waals surface area contributed by atoms with Crippen molar-refractivity contribution in [3.8, 4) is 5.75 Å². The predicted molar refractivity (Wildman–Crippen MR) is 75.2 cm³/mol. The van der Waals surface area contributed by atoms with Crippen LogP contribution in [0.3, 0.4) is 0 Å². The van der Waals surface area contributed by atoms with Crippen LogP contribution in [0.1, 0.15) is 19.8 Å². The monoisotopic (exact) mass is 303 g/mol. The lowest BCUT2D eigenvalue weighted by Crippen LogP contribution is -2.36. The summed E-state index contributed by atoms with van der Waals surface area (Å²) < 4.78 is 31.8. The number of nitrogens with zero attached hydrogens (tertiary/aromatic N) is 1. The van der Waals surface area contributed by atoms with Gasteiger partial charge in [-0.05, 0) is 44.0 Å². The van der Waals surface area contributed by atoms with Crippen molar-refractivity contribution >= 4 is 21.6 Å². The lowest BCUT2D eigenvalue weighted by atomic mass is 10.3. The van der Waals surface area contributed by atoms with E-state index in [1.54, 1.807) is 24.3 Å². The van der Waals surface area contributed by atoms with Crippen LogP contribution in [-0.2, 0) is 10.0 Å². The number of benzene rings is 1. The van der Waals surface area contributed by atoms with E-state index in [4.69, 9.17) is 16.3 Å². The van der Waals surface area contributed by atoms with Gasteiger partial charge in [-0.2, -0.15) is 4.31 Å². The third kappa shape index (κ3) is 3.04. The maximum Gasteiger partial charge on any atom is 0.243 e. The summed E-state index contributed by atoms with van der Waals surface area (Å²) in [6.07, 6.45) is 1.70. The van der Waals surface area contributed by atoms with Crippen molar-refractivity contribution in [3.63, 3.8) is 0 Å². The van der Waals surface area contributed by atoms with Gasteiger partial charge in [0, 0.05) is 18.5 Å². The first-order chi connectivity index (χ1) is 9.09. The SMILES string of the molecule is CCOc1ccc(S(=O)(=O)N2CCC[C@H]2CCl)cc1. The third-order valence-electron chi connectivity index (χ3n) is 3.24. The van der Waals surface area contributed by atoms with Crippen molar-refractivity contribution in [2.75, 3.05) is 19.0 Å². The summed E-state index contributed by atoms with van der Waals surface area (Å²) in [6, 6.07) is 6.45. The Kier molecular flexibility index (Phi) is 4.71. The Morgan fingerprint density at radius 3 is 2.63 bits per heavy atom. The molecule has 1 aliphatic rings. The van der Waals surface area contributed by atoms with Gasteiger partial charge >= 0.3 is 0 Å².